The van der Waals surface area contributed by atoms with E-state index in [1.165, 1.54) is 6.07 Å². The molecule has 0 saturated carbocycles. The fraction of sp³-hybridized carbons (Fsp3) is 0.462. The molecule has 1 N–H and O–H groups in total. The fourth-order valence-corrected chi connectivity index (χ4v) is 2.34. The molecular weight excluding hydrogens is 221 g/mol. The molecule has 0 amide bonds. The van der Waals surface area contributed by atoms with Gasteiger partial charge in [0.2, 0.25) is 0 Å². The number of halogens is 1. The van der Waals surface area contributed by atoms with Gasteiger partial charge in [0.1, 0.15) is 11.9 Å². The van der Waals surface area contributed by atoms with E-state index in [1.807, 2.05) is 11.8 Å². The van der Waals surface area contributed by atoms with Crippen LogP contribution in [0.25, 0.3) is 0 Å². The Balaban J connectivity index is 2.15. The summed E-state index contributed by atoms with van der Waals surface area (Å²) < 4.78 is 13.6. The van der Waals surface area contributed by atoms with Crippen LogP contribution in [0.2, 0.25) is 0 Å². The lowest BCUT2D eigenvalue weighted by atomic mass is 10.1. The predicted molar refractivity (Wildman–Crippen MR) is 62.2 cm³/mol. The Bertz CT molecular complexity index is 433. The standard InChI is InChI=1S/C13H16FNO2/c1-9-4-5-11(14)10(7-9)8-15-6-2-3-12(15)13(16)17/h4-5,7,12H,2-3,6,8H2,1H3,(H,16,17). The Morgan fingerprint density at radius 2 is 2.35 bits per heavy atom. The minimum atomic E-state index is -0.810. The normalized spacial score (nSPS) is 20.7. The molecule has 1 aromatic carbocycles. The van der Waals surface area contributed by atoms with E-state index >= 15 is 0 Å². The molecule has 4 heteroatoms. The summed E-state index contributed by atoms with van der Waals surface area (Å²) in [5.41, 5.74) is 1.57. The van der Waals surface area contributed by atoms with Gasteiger partial charge < -0.3 is 5.11 Å². The second-order valence-corrected chi connectivity index (χ2v) is 4.56. The van der Waals surface area contributed by atoms with Crippen molar-refractivity contribution >= 4 is 5.97 Å². The van der Waals surface area contributed by atoms with E-state index < -0.39 is 12.0 Å². The smallest absolute Gasteiger partial charge is 0.320 e. The summed E-state index contributed by atoms with van der Waals surface area (Å²) in [6.07, 6.45) is 1.52. The molecule has 0 bridgehead atoms. The molecule has 0 aromatic heterocycles. The molecule has 0 radical (unpaired) electrons. The topological polar surface area (TPSA) is 40.5 Å². The number of aryl methyl sites for hydroxylation is 1. The van der Waals surface area contributed by atoms with Gasteiger partial charge in [-0.15, -0.1) is 0 Å². The number of hydrogen-bond acceptors (Lipinski definition) is 2. The number of hydrogen-bond donors (Lipinski definition) is 1. The predicted octanol–water partition coefficient (Wildman–Crippen LogP) is 2.18. The first-order valence-corrected chi connectivity index (χ1v) is 5.80. The van der Waals surface area contributed by atoms with Crippen LogP contribution in [0, 0.1) is 12.7 Å². The molecule has 1 aromatic rings. The van der Waals surface area contributed by atoms with E-state index in [0.29, 0.717) is 18.5 Å². The van der Waals surface area contributed by atoms with Gasteiger partial charge in [0.05, 0.1) is 0 Å². The summed E-state index contributed by atoms with van der Waals surface area (Å²) in [5.74, 6) is -1.07. The second-order valence-electron chi connectivity index (χ2n) is 4.56. The van der Waals surface area contributed by atoms with Crippen LogP contribution in [0.15, 0.2) is 18.2 Å². The van der Waals surface area contributed by atoms with Crippen molar-refractivity contribution in [3.63, 3.8) is 0 Å². The summed E-state index contributed by atoms with van der Waals surface area (Å²) in [4.78, 5) is 12.9. The van der Waals surface area contributed by atoms with Crippen molar-refractivity contribution in [1.29, 1.82) is 0 Å². The van der Waals surface area contributed by atoms with Gasteiger partial charge in [-0.1, -0.05) is 17.7 Å². The first-order valence-electron chi connectivity index (χ1n) is 5.80. The summed E-state index contributed by atoms with van der Waals surface area (Å²) in [6, 6.07) is 4.48. The zero-order valence-electron chi connectivity index (χ0n) is 9.82. The highest BCUT2D eigenvalue weighted by Crippen LogP contribution is 2.21. The summed E-state index contributed by atoms with van der Waals surface area (Å²) in [7, 11) is 0. The lowest BCUT2D eigenvalue weighted by molar-refractivity contribution is -0.142. The van der Waals surface area contributed by atoms with E-state index in [1.54, 1.807) is 12.1 Å². The molecular formula is C13H16FNO2. The van der Waals surface area contributed by atoms with Gasteiger partial charge in [0.25, 0.3) is 0 Å². The van der Waals surface area contributed by atoms with Gasteiger partial charge in [0.15, 0.2) is 0 Å². The minimum absolute atomic E-state index is 0.258. The molecule has 2 rings (SSSR count). The van der Waals surface area contributed by atoms with Crippen molar-refractivity contribution in [2.75, 3.05) is 6.54 Å². The van der Waals surface area contributed by atoms with Crippen LogP contribution >= 0.6 is 0 Å². The molecule has 17 heavy (non-hydrogen) atoms. The van der Waals surface area contributed by atoms with Crippen LogP contribution in [-0.4, -0.2) is 28.6 Å². The highest BCUT2D eigenvalue weighted by molar-refractivity contribution is 5.73. The Hall–Kier alpha value is -1.42. The van der Waals surface area contributed by atoms with Crippen molar-refractivity contribution in [2.24, 2.45) is 0 Å². The molecule has 92 valence electrons. The number of carboxylic acids is 1. The van der Waals surface area contributed by atoms with Gasteiger partial charge in [-0.2, -0.15) is 0 Å². The van der Waals surface area contributed by atoms with Crippen LogP contribution in [-0.2, 0) is 11.3 Å². The van der Waals surface area contributed by atoms with E-state index in [4.69, 9.17) is 5.11 Å². The summed E-state index contributed by atoms with van der Waals surface area (Å²) in [6.45, 7) is 3.01. The molecule has 1 aliphatic heterocycles. The van der Waals surface area contributed by atoms with Gasteiger partial charge >= 0.3 is 5.97 Å². The third-order valence-corrected chi connectivity index (χ3v) is 3.22. The highest BCUT2D eigenvalue weighted by atomic mass is 19.1. The Kier molecular flexibility index (Phi) is 3.43. The van der Waals surface area contributed by atoms with Crippen molar-refractivity contribution < 1.29 is 14.3 Å². The van der Waals surface area contributed by atoms with Crippen LogP contribution in [0.1, 0.15) is 24.0 Å². The Morgan fingerprint density at radius 1 is 1.59 bits per heavy atom. The van der Waals surface area contributed by atoms with E-state index in [9.17, 15) is 9.18 Å². The minimum Gasteiger partial charge on any atom is -0.480 e. The Morgan fingerprint density at radius 3 is 3.06 bits per heavy atom. The number of aliphatic carboxylic acids is 1. The van der Waals surface area contributed by atoms with Crippen LogP contribution in [0.3, 0.4) is 0 Å². The zero-order chi connectivity index (χ0) is 12.4. The SMILES string of the molecule is Cc1ccc(F)c(CN2CCCC2C(=O)O)c1. The highest BCUT2D eigenvalue weighted by Gasteiger charge is 2.30. The van der Waals surface area contributed by atoms with Gasteiger partial charge in [0, 0.05) is 12.1 Å². The van der Waals surface area contributed by atoms with Crippen molar-refractivity contribution in [2.45, 2.75) is 32.4 Å². The quantitative estimate of drug-likeness (QED) is 0.876. The maximum atomic E-state index is 13.6. The van der Waals surface area contributed by atoms with Crippen molar-refractivity contribution in [1.82, 2.24) is 4.90 Å². The maximum Gasteiger partial charge on any atom is 0.320 e. The van der Waals surface area contributed by atoms with Gasteiger partial charge in [-0.05, 0) is 32.4 Å². The van der Waals surface area contributed by atoms with Crippen molar-refractivity contribution in [3.05, 3.63) is 35.1 Å². The van der Waals surface area contributed by atoms with Crippen LogP contribution in [0.4, 0.5) is 4.39 Å². The molecule has 3 nitrogen and oxygen atoms in total. The van der Waals surface area contributed by atoms with Crippen LogP contribution in [0.5, 0.6) is 0 Å². The summed E-state index contributed by atoms with van der Waals surface area (Å²) >= 11 is 0. The average molecular weight is 237 g/mol. The van der Waals surface area contributed by atoms with E-state index in [0.717, 1.165) is 18.5 Å². The zero-order valence-corrected chi connectivity index (χ0v) is 9.82. The molecule has 0 spiro atoms. The number of likely N-dealkylation sites (tertiary alicyclic amines) is 1. The van der Waals surface area contributed by atoms with Crippen molar-refractivity contribution in [3.8, 4) is 0 Å². The summed E-state index contributed by atoms with van der Waals surface area (Å²) in [5, 5.41) is 9.05. The maximum absolute atomic E-state index is 13.6. The van der Waals surface area contributed by atoms with Gasteiger partial charge in [-0.25, -0.2) is 4.39 Å². The third kappa shape index (κ3) is 2.64. The number of benzene rings is 1. The van der Waals surface area contributed by atoms with E-state index in [2.05, 4.69) is 0 Å². The molecule has 1 aliphatic rings. The number of carboxylic acid groups (broad SMARTS) is 1. The monoisotopic (exact) mass is 237 g/mol. The number of nitrogens with zero attached hydrogens (tertiary/aromatic N) is 1. The lowest BCUT2D eigenvalue weighted by Crippen LogP contribution is -2.35. The molecule has 1 unspecified atom stereocenters. The molecule has 1 fully saturated rings. The van der Waals surface area contributed by atoms with E-state index in [-0.39, 0.29) is 5.82 Å². The molecule has 0 aliphatic carbocycles. The first-order chi connectivity index (χ1) is 8.08. The molecule has 1 atom stereocenters. The lowest BCUT2D eigenvalue weighted by Gasteiger charge is -2.21. The Labute approximate surface area is 99.9 Å². The average Bonchev–Trinajstić information content (AvgIpc) is 2.71. The first kappa shape index (κ1) is 12.0. The molecule has 1 saturated heterocycles. The molecule has 1 heterocycles. The number of carbonyl (C=O) groups is 1. The van der Waals surface area contributed by atoms with Gasteiger partial charge in [-0.3, -0.25) is 9.69 Å². The largest absolute Gasteiger partial charge is 0.480 e. The fourth-order valence-electron chi connectivity index (χ4n) is 2.34. The van der Waals surface area contributed by atoms with Crippen LogP contribution < -0.4 is 0 Å². The number of rotatable bonds is 3. The third-order valence-electron chi connectivity index (χ3n) is 3.22. The second kappa shape index (κ2) is 4.84.